The van der Waals surface area contributed by atoms with Crippen LogP contribution >= 0.6 is 0 Å². The summed E-state index contributed by atoms with van der Waals surface area (Å²) in [7, 11) is 0. The highest BCUT2D eigenvalue weighted by Gasteiger charge is 2.23. The SMILES string of the molecule is CCC(C)(C)OOC(=O)c1ccccc1C(=O)OO. The van der Waals surface area contributed by atoms with Crippen LogP contribution in [0.3, 0.4) is 0 Å². The van der Waals surface area contributed by atoms with Gasteiger partial charge in [0, 0.05) is 0 Å². The van der Waals surface area contributed by atoms with Crippen LogP contribution in [0.4, 0.5) is 0 Å². The average molecular weight is 268 g/mol. The molecule has 6 nitrogen and oxygen atoms in total. The molecule has 0 atom stereocenters. The molecule has 0 spiro atoms. The van der Waals surface area contributed by atoms with Gasteiger partial charge in [0.05, 0.1) is 11.1 Å². The molecule has 0 saturated carbocycles. The molecule has 6 heteroatoms. The van der Waals surface area contributed by atoms with E-state index in [0.29, 0.717) is 6.42 Å². The van der Waals surface area contributed by atoms with Crippen molar-refractivity contribution in [1.82, 2.24) is 0 Å². The summed E-state index contributed by atoms with van der Waals surface area (Å²) < 4.78 is 0. The van der Waals surface area contributed by atoms with Crippen molar-refractivity contribution in [3.05, 3.63) is 35.4 Å². The van der Waals surface area contributed by atoms with Gasteiger partial charge in [0.15, 0.2) is 0 Å². The van der Waals surface area contributed by atoms with Gasteiger partial charge in [0.25, 0.3) is 0 Å². The minimum absolute atomic E-state index is 0.0477. The predicted octanol–water partition coefficient (Wildman–Crippen LogP) is 2.59. The Labute approximate surface area is 110 Å². The van der Waals surface area contributed by atoms with Gasteiger partial charge in [-0.15, -0.1) is 0 Å². The Morgan fingerprint density at radius 2 is 1.68 bits per heavy atom. The van der Waals surface area contributed by atoms with Crippen LogP contribution in [0.25, 0.3) is 0 Å². The Hall–Kier alpha value is -1.92. The lowest BCUT2D eigenvalue weighted by molar-refractivity contribution is -0.307. The zero-order chi connectivity index (χ0) is 14.5. The number of carbonyl (C=O) groups excluding carboxylic acids is 2. The van der Waals surface area contributed by atoms with E-state index in [1.165, 1.54) is 18.2 Å². The van der Waals surface area contributed by atoms with Gasteiger partial charge in [-0.1, -0.05) is 19.1 Å². The van der Waals surface area contributed by atoms with E-state index in [-0.39, 0.29) is 11.1 Å². The minimum Gasteiger partial charge on any atom is -0.295 e. The summed E-state index contributed by atoms with van der Waals surface area (Å²) in [5.74, 6) is -1.87. The highest BCUT2D eigenvalue weighted by atomic mass is 17.2. The molecule has 0 heterocycles. The second-order valence-corrected chi connectivity index (χ2v) is 4.49. The lowest BCUT2D eigenvalue weighted by atomic mass is 10.1. The molecule has 0 aliphatic heterocycles. The first-order chi connectivity index (χ1) is 8.91. The van der Waals surface area contributed by atoms with E-state index >= 15 is 0 Å². The normalized spacial score (nSPS) is 10.9. The largest absolute Gasteiger partial charge is 0.373 e. The fraction of sp³-hybridized carbons (Fsp3) is 0.385. The maximum Gasteiger partial charge on any atom is 0.373 e. The van der Waals surface area contributed by atoms with Gasteiger partial charge in [-0.05, 0) is 32.4 Å². The summed E-state index contributed by atoms with van der Waals surface area (Å²) in [5, 5.41) is 8.36. The van der Waals surface area contributed by atoms with Gasteiger partial charge >= 0.3 is 11.9 Å². The zero-order valence-electron chi connectivity index (χ0n) is 11.0. The number of benzene rings is 1. The van der Waals surface area contributed by atoms with E-state index in [0.717, 1.165) is 0 Å². The first-order valence-electron chi connectivity index (χ1n) is 5.76. The third-order valence-corrected chi connectivity index (χ3v) is 2.64. The first kappa shape index (κ1) is 15.1. The fourth-order valence-electron chi connectivity index (χ4n) is 1.14. The van der Waals surface area contributed by atoms with Crippen LogP contribution in [0.15, 0.2) is 24.3 Å². The van der Waals surface area contributed by atoms with Crippen LogP contribution < -0.4 is 0 Å². The fourth-order valence-corrected chi connectivity index (χ4v) is 1.14. The van der Waals surface area contributed by atoms with Crippen LogP contribution in [0.5, 0.6) is 0 Å². The second-order valence-electron chi connectivity index (χ2n) is 4.49. The molecule has 0 saturated heterocycles. The van der Waals surface area contributed by atoms with Gasteiger partial charge in [0.1, 0.15) is 5.60 Å². The maximum absolute atomic E-state index is 11.8. The molecule has 0 aromatic heterocycles. The second kappa shape index (κ2) is 6.31. The molecule has 0 radical (unpaired) electrons. The number of carbonyl (C=O) groups is 2. The quantitative estimate of drug-likeness (QED) is 0.653. The third-order valence-electron chi connectivity index (χ3n) is 2.64. The topological polar surface area (TPSA) is 82.1 Å². The van der Waals surface area contributed by atoms with Crippen molar-refractivity contribution in [3.63, 3.8) is 0 Å². The Bertz CT molecular complexity index is 466. The number of rotatable bonds is 5. The van der Waals surface area contributed by atoms with E-state index < -0.39 is 17.5 Å². The maximum atomic E-state index is 11.8. The van der Waals surface area contributed by atoms with Crippen LogP contribution in [0, 0.1) is 0 Å². The summed E-state index contributed by atoms with van der Waals surface area (Å²) in [4.78, 5) is 36.4. The van der Waals surface area contributed by atoms with E-state index in [4.69, 9.17) is 15.0 Å². The monoisotopic (exact) mass is 268 g/mol. The molecule has 104 valence electrons. The summed E-state index contributed by atoms with van der Waals surface area (Å²) >= 11 is 0. The van der Waals surface area contributed by atoms with Gasteiger partial charge in [-0.2, -0.15) is 10.1 Å². The highest BCUT2D eigenvalue weighted by molar-refractivity contribution is 6.02. The highest BCUT2D eigenvalue weighted by Crippen LogP contribution is 2.17. The molecule has 0 unspecified atom stereocenters. The molecule has 0 aliphatic rings. The third kappa shape index (κ3) is 4.04. The minimum atomic E-state index is -1.04. The smallest absolute Gasteiger partial charge is 0.295 e. The van der Waals surface area contributed by atoms with Gasteiger partial charge < -0.3 is 0 Å². The Kier molecular flexibility index (Phi) is 5.02. The molecule has 1 rings (SSSR count). The van der Waals surface area contributed by atoms with Crippen molar-refractivity contribution in [2.75, 3.05) is 0 Å². The Morgan fingerprint density at radius 1 is 1.16 bits per heavy atom. The lowest BCUT2D eigenvalue weighted by Gasteiger charge is -2.20. The van der Waals surface area contributed by atoms with Gasteiger partial charge in [0.2, 0.25) is 0 Å². The molecule has 0 amide bonds. The van der Waals surface area contributed by atoms with Crippen LogP contribution in [0.2, 0.25) is 0 Å². The molecular weight excluding hydrogens is 252 g/mol. The zero-order valence-corrected chi connectivity index (χ0v) is 11.0. The molecule has 0 aliphatic carbocycles. The molecule has 0 bridgehead atoms. The lowest BCUT2D eigenvalue weighted by Crippen LogP contribution is -2.25. The number of hydrogen-bond donors (Lipinski definition) is 1. The molecule has 1 N–H and O–H groups in total. The van der Waals surface area contributed by atoms with Crippen molar-refractivity contribution in [2.24, 2.45) is 0 Å². The van der Waals surface area contributed by atoms with E-state index in [9.17, 15) is 9.59 Å². The van der Waals surface area contributed by atoms with E-state index in [1.54, 1.807) is 19.9 Å². The van der Waals surface area contributed by atoms with Crippen molar-refractivity contribution >= 4 is 11.9 Å². The van der Waals surface area contributed by atoms with Crippen LogP contribution in [0.1, 0.15) is 47.9 Å². The predicted molar refractivity (Wildman–Crippen MR) is 65.4 cm³/mol. The summed E-state index contributed by atoms with van der Waals surface area (Å²) in [6.07, 6.45) is 0.639. The standard InChI is InChI=1S/C13H16O6/c1-4-13(2,3)19-18-12(15)10-8-6-5-7-9(10)11(14)17-16/h5-8,16H,4H2,1-3H3. The van der Waals surface area contributed by atoms with Crippen molar-refractivity contribution < 1.29 is 29.5 Å². The summed E-state index contributed by atoms with van der Waals surface area (Å²) in [5.41, 5.74) is -0.774. The van der Waals surface area contributed by atoms with E-state index in [2.05, 4.69) is 4.89 Å². The molecular formula is C13H16O6. The van der Waals surface area contributed by atoms with Crippen LogP contribution in [-0.4, -0.2) is 22.8 Å². The molecule has 1 aromatic carbocycles. The van der Waals surface area contributed by atoms with Crippen molar-refractivity contribution in [3.8, 4) is 0 Å². The van der Waals surface area contributed by atoms with Crippen LogP contribution in [-0.2, 0) is 14.7 Å². The Balaban J connectivity index is 2.86. The molecule has 1 aromatic rings. The average Bonchev–Trinajstić information content (AvgIpc) is 2.44. The van der Waals surface area contributed by atoms with Crippen molar-refractivity contribution in [1.29, 1.82) is 0 Å². The Morgan fingerprint density at radius 3 is 2.16 bits per heavy atom. The number of hydrogen-bond acceptors (Lipinski definition) is 6. The van der Waals surface area contributed by atoms with E-state index in [1.807, 2.05) is 6.92 Å². The first-order valence-corrected chi connectivity index (χ1v) is 5.76. The van der Waals surface area contributed by atoms with Gasteiger partial charge in [-0.3, -0.25) is 9.78 Å². The summed E-state index contributed by atoms with van der Waals surface area (Å²) in [6, 6.07) is 5.78. The molecule has 0 fully saturated rings. The van der Waals surface area contributed by atoms with Gasteiger partial charge in [-0.25, -0.2) is 9.59 Å². The van der Waals surface area contributed by atoms with Crippen molar-refractivity contribution in [2.45, 2.75) is 32.8 Å². The molecule has 19 heavy (non-hydrogen) atoms. The summed E-state index contributed by atoms with van der Waals surface area (Å²) in [6.45, 7) is 5.40.